The first-order valence-electron chi connectivity index (χ1n) is 3.61. The van der Waals surface area contributed by atoms with Crippen molar-refractivity contribution in [2.75, 3.05) is 4.72 Å². The quantitative estimate of drug-likeness (QED) is 0.870. The van der Waals surface area contributed by atoms with Gasteiger partial charge in [0, 0.05) is 6.07 Å². The summed E-state index contributed by atoms with van der Waals surface area (Å²) in [5.41, 5.74) is -0.183. The Morgan fingerprint density at radius 3 is 2.47 bits per heavy atom. The monoisotopic (exact) mass is 257 g/mol. The van der Waals surface area contributed by atoms with Crippen LogP contribution >= 0.6 is 11.6 Å². The highest BCUT2D eigenvalue weighted by atomic mass is 35.5. The summed E-state index contributed by atoms with van der Waals surface area (Å²) in [5.74, 6) is -3.93. The number of alkyl halides is 2. The van der Waals surface area contributed by atoms with Crippen LogP contribution < -0.4 is 4.72 Å². The van der Waals surface area contributed by atoms with E-state index < -0.39 is 21.5 Å². The molecule has 1 aromatic rings. The van der Waals surface area contributed by atoms with Gasteiger partial charge in [0.1, 0.15) is 5.75 Å². The highest BCUT2D eigenvalue weighted by molar-refractivity contribution is 7.93. The van der Waals surface area contributed by atoms with Gasteiger partial charge in [0.25, 0.3) is 10.0 Å². The molecule has 4 nitrogen and oxygen atoms in total. The van der Waals surface area contributed by atoms with Crippen LogP contribution in [0.5, 0.6) is 5.75 Å². The first-order valence-corrected chi connectivity index (χ1v) is 5.53. The minimum atomic E-state index is -4.72. The third kappa shape index (κ3) is 2.93. The summed E-state index contributed by atoms with van der Waals surface area (Å²) >= 11 is 5.44. The van der Waals surface area contributed by atoms with E-state index in [2.05, 4.69) is 0 Å². The van der Waals surface area contributed by atoms with Crippen molar-refractivity contribution in [1.82, 2.24) is 0 Å². The molecule has 0 atom stereocenters. The van der Waals surface area contributed by atoms with Crippen molar-refractivity contribution in [3.05, 3.63) is 23.2 Å². The normalized spacial score (nSPS) is 11.7. The van der Waals surface area contributed by atoms with E-state index in [4.69, 9.17) is 16.7 Å². The van der Waals surface area contributed by atoms with Gasteiger partial charge in [-0.25, -0.2) is 8.42 Å². The van der Waals surface area contributed by atoms with Gasteiger partial charge in [0.2, 0.25) is 0 Å². The fraction of sp³-hybridized carbons (Fsp3) is 0.143. The molecule has 1 aromatic carbocycles. The minimum absolute atomic E-state index is 0.00463. The van der Waals surface area contributed by atoms with Crippen molar-refractivity contribution in [3.63, 3.8) is 0 Å². The average Bonchev–Trinajstić information content (AvgIpc) is 2.10. The Kier molecular flexibility index (Phi) is 3.35. The maximum Gasteiger partial charge on any atom is 0.355 e. The molecule has 0 fully saturated rings. The molecule has 0 heterocycles. The van der Waals surface area contributed by atoms with Gasteiger partial charge in [0.15, 0.2) is 0 Å². The van der Waals surface area contributed by atoms with E-state index in [1.165, 1.54) is 6.07 Å². The standard InChI is InChI=1S/C7H6ClF2NO3S/c8-5-2-1-4(3-6(5)12)11-15(13,14)7(9)10/h1-3,7,11-12H. The van der Waals surface area contributed by atoms with E-state index in [0.29, 0.717) is 0 Å². The number of sulfonamides is 1. The van der Waals surface area contributed by atoms with Crippen molar-refractivity contribution in [1.29, 1.82) is 0 Å². The fourth-order valence-corrected chi connectivity index (χ4v) is 1.45. The molecule has 0 unspecified atom stereocenters. The predicted octanol–water partition coefficient (Wildman–Crippen LogP) is 2.01. The molecule has 0 amide bonds. The zero-order valence-corrected chi connectivity index (χ0v) is 8.69. The van der Waals surface area contributed by atoms with Gasteiger partial charge in [-0.15, -0.1) is 0 Å². The summed E-state index contributed by atoms with van der Waals surface area (Å²) in [6.07, 6.45) is 0. The summed E-state index contributed by atoms with van der Waals surface area (Å²) < 4.78 is 46.9. The Morgan fingerprint density at radius 2 is 2.00 bits per heavy atom. The number of hydrogen-bond acceptors (Lipinski definition) is 3. The van der Waals surface area contributed by atoms with Crippen LogP contribution in [0.1, 0.15) is 0 Å². The maximum absolute atomic E-state index is 11.9. The van der Waals surface area contributed by atoms with Crippen LogP contribution in [-0.4, -0.2) is 19.3 Å². The number of halogens is 3. The van der Waals surface area contributed by atoms with Crippen LogP contribution in [0.4, 0.5) is 14.5 Å². The Balaban J connectivity index is 2.96. The summed E-state index contributed by atoms with van der Waals surface area (Å²) in [4.78, 5) is 0. The van der Waals surface area contributed by atoms with Crippen LogP contribution in [0.3, 0.4) is 0 Å². The number of phenolic OH excluding ortho intramolecular Hbond substituents is 1. The number of rotatable bonds is 3. The smallest absolute Gasteiger partial charge is 0.355 e. The molecule has 0 aliphatic rings. The van der Waals surface area contributed by atoms with Crippen molar-refractivity contribution in [2.45, 2.75) is 5.76 Å². The lowest BCUT2D eigenvalue weighted by molar-refractivity contribution is 0.236. The second-order valence-electron chi connectivity index (χ2n) is 2.57. The van der Waals surface area contributed by atoms with Crippen molar-refractivity contribution >= 4 is 27.3 Å². The zero-order chi connectivity index (χ0) is 11.6. The molecule has 0 aromatic heterocycles. The second-order valence-corrected chi connectivity index (χ2v) is 4.63. The van der Waals surface area contributed by atoms with Crippen molar-refractivity contribution in [2.24, 2.45) is 0 Å². The highest BCUT2D eigenvalue weighted by Gasteiger charge is 2.23. The summed E-state index contributed by atoms with van der Waals surface area (Å²) in [7, 11) is -4.72. The molecule has 15 heavy (non-hydrogen) atoms. The van der Waals surface area contributed by atoms with Gasteiger partial charge in [-0.3, -0.25) is 4.72 Å². The van der Waals surface area contributed by atoms with Gasteiger partial charge >= 0.3 is 5.76 Å². The van der Waals surface area contributed by atoms with Gasteiger partial charge < -0.3 is 5.11 Å². The van der Waals surface area contributed by atoms with E-state index >= 15 is 0 Å². The number of aromatic hydroxyl groups is 1. The molecule has 1 rings (SSSR count). The summed E-state index contributed by atoms with van der Waals surface area (Å²) in [6, 6.07) is 3.27. The molecule has 8 heteroatoms. The lowest BCUT2D eigenvalue weighted by Crippen LogP contribution is -2.20. The Labute approximate surface area is 89.5 Å². The van der Waals surface area contributed by atoms with Gasteiger partial charge in [0.05, 0.1) is 10.7 Å². The van der Waals surface area contributed by atoms with E-state index in [1.807, 2.05) is 0 Å². The van der Waals surface area contributed by atoms with Crippen LogP contribution in [0, 0.1) is 0 Å². The molecule has 0 aliphatic carbocycles. The molecule has 84 valence electrons. The van der Waals surface area contributed by atoms with Gasteiger partial charge in [-0.05, 0) is 12.1 Å². The molecule has 0 bridgehead atoms. The minimum Gasteiger partial charge on any atom is -0.506 e. The number of hydrogen-bond donors (Lipinski definition) is 2. The summed E-state index contributed by atoms with van der Waals surface area (Å²) in [6.45, 7) is 0. The topological polar surface area (TPSA) is 66.4 Å². The molecular formula is C7H6ClF2NO3S. The first-order chi connectivity index (χ1) is 6.83. The molecular weight excluding hydrogens is 252 g/mol. The third-order valence-electron chi connectivity index (χ3n) is 1.44. The van der Waals surface area contributed by atoms with E-state index in [0.717, 1.165) is 12.1 Å². The Bertz CT molecular complexity index is 463. The van der Waals surface area contributed by atoms with E-state index in [9.17, 15) is 17.2 Å². The second kappa shape index (κ2) is 4.19. The lowest BCUT2D eigenvalue weighted by Gasteiger charge is -2.07. The van der Waals surface area contributed by atoms with Crippen LogP contribution in [0.15, 0.2) is 18.2 Å². The number of phenols is 1. The lowest BCUT2D eigenvalue weighted by atomic mass is 10.3. The van der Waals surface area contributed by atoms with Crippen LogP contribution in [-0.2, 0) is 10.0 Å². The molecule has 0 radical (unpaired) electrons. The number of nitrogens with one attached hydrogen (secondary N) is 1. The van der Waals surface area contributed by atoms with Crippen molar-refractivity contribution < 1.29 is 22.3 Å². The molecule has 0 saturated carbocycles. The fourth-order valence-electron chi connectivity index (χ4n) is 0.785. The average molecular weight is 258 g/mol. The molecule has 2 N–H and O–H groups in total. The third-order valence-corrected chi connectivity index (χ3v) is 2.75. The van der Waals surface area contributed by atoms with Gasteiger partial charge in [-0.2, -0.15) is 8.78 Å². The molecule has 0 spiro atoms. The van der Waals surface area contributed by atoms with Crippen LogP contribution in [0.2, 0.25) is 5.02 Å². The Hall–Kier alpha value is -1.08. The zero-order valence-electron chi connectivity index (χ0n) is 7.12. The van der Waals surface area contributed by atoms with Crippen LogP contribution in [0.25, 0.3) is 0 Å². The largest absolute Gasteiger partial charge is 0.506 e. The number of anilines is 1. The summed E-state index contributed by atoms with van der Waals surface area (Å²) in [5, 5.41) is 9.08. The first kappa shape index (κ1) is 12.0. The van der Waals surface area contributed by atoms with E-state index in [-0.39, 0.29) is 10.7 Å². The number of benzene rings is 1. The predicted molar refractivity (Wildman–Crippen MR) is 51.7 cm³/mol. The van der Waals surface area contributed by atoms with Crippen molar-refractivity contribution in [3.8, 4) is 5.75 Å². The van der Waals surface area contributed by atoms with Gasteiger partial charge in [-0.1, -0.05) is 11.6 Å². The maximum atomic E-state index is 11.9. The molecule has 0 saturated heterocycles. The van der Waals surface area contributed by atoms with E-state index in [1.54, 1.807) is 4.72 Å². The molecule has 0 aliphatic heterocycles. The Morgan fingerprint density at radius 1 is 1.40 bits per heavy atom. The highest BCUT2D eigenvalue weighted by Crippen LogP contribution is 2.27. The SMILES string of the molecule is O=S(=O)(Nc1ccc(Cl)c(O)c1)C(F)F.